The van der Waals surface area contributed by atoms with Crippen LogP contribution in [0.15, 0.2) is 28.7 Å². The van der Waals surface area contributed by atoms with Crippen LogP contribution in [-0.2, 0) is 6.42 Å². The first-order valence-electron chi connectivity index (χ1n) is 4.38. The Hall–Kier alpha value is -1.35. The third kappa shape index (κ3) is 1.77. The Bertz CT molecular complexity index is 422. The first-order chi connectivity index (χ1) is 6.79. The number of benzene rings is 1. The topological polar surface area (TPSA) is 38.9 Å². The van der Waals surface area contributed by atoms with Gasteiger partial charge in [-0.1, -0.05) is 18.5 Å². The molecule has 0 bridgehead atoms. The van der Waals surface area contributed by atoms with Crippen molar-refractivity contribution in [1.82, 2.24) is 10.2 Å². The number of hydrogen-bond acceptors (Lipinski definition) is 3. The molecule has 0 radical (unpaired) electrons. The summed E-state index contributed by atoms with van der Waals surface area (Å²) in [6.45, 7) is 1.97. The first-order valence-corrected chi connectivity index (χ1v) is 4.75. The summed E-state index contributed by atoms with van der Waals surface area (Å²) in [6.07, 6.45) is 0.751. The summed E-state index contributed by atoms with van der Waals surface area (Å²) in [6, 6.07) is 7.31. The highest BCUT2D eigenvalue weighted by Crippen LogP contribution is 2.20. The van der Waals surface area contributed by atoms with Crippen LogP contribution in [0.4, 0.5) is 0 Å². The normalized spacial score (nSPS) is 10.4. The molecule has 0 atom stereocenters. The smallest absolute Gasteiger partial charge is 0.247 e. The Morgan fingerprint density at radius 2 is 1.93 bits per heavy atom. The molecular formula is C10H9ClN2O. The number of nitrogens with zero attached hydrogens (tertiary/aromatic N) is 2. The van der Waals surface area contributed by atoms with E-state index in [-0.39, 0.29) is 0 Å². The van der Waals surface area contributed by atoms with Crippen LogP contribution in [0.3, 0.4) is 0 Å². The van der Waals surface area contributed by atoms with Crippen LogP contribution >= 0.6 is 11.6 Å². The van der Waals surface area contributed by atoms with Gasteiger partial charge in [0.1, 0.15) is 0 Å². The molecule has 1 aromatic heterocycles. The molecule has 0 aliphatic carbocycles. The lowest BCUT2D eigenvalue weighted by Gasteiger charge is -1.93. The highest BCUT2D eigenvalue weighted by atomic mass is 35.5. The maximum atomic E-state index is 5.76. The van der Waals surface area contributed by atoms with E-state index in [0.29, 0.717) is 16.8 Å². The zero-order valence-corrected chi connectivity index (χ0v) is 8.45. The lowest BCUT2D eigenvalue weighted by atomic mass is 10.2. The van der Waals surface area contributed by atoms with Crippen molar-refractivity contribution in [3.63, 3.8) is 0 Å². The summed E-state index contributed by atoms with van der Waals surface area (Å²) < 4.78 is 5.39. The minimum atomic E-state index is 0.540. The largest absolute Gasteiger partial charge is 0.421 e. The first kappa shape index (κ1) is 9.21. The second-order valence-electron chi connectivity index (χ2n) is 2.86. The van der Waals surface area contributed by atoms with Gasteiger partial charge in [0.05, 0.1) is 0 Å². The molecule has 0 fully saturated rings. The summed E-state index contributed by atoms with van der Waals surface area (Å²) in [5, 5.41) is 8.51. The van der Waals surface area contributed by atoms with E-state index in [1.54, 1.807) is 12.1 Å². The molecule has 1 aromatic carbocycles. The lowest BCUT2D eigenvalue weighted by Crippen LogP contribution is -1.77. The average Bonchev–Trinajstić information content (AvgIpc) is 2.67. The second-order valence-corrected chi connectivity index (χ2v) is 3.30. The van der Waals surface area contributed by atoms with Crippen LogP contribution in [0, 0.1) is 0 Å². The van der Waals surface area contributed by atoms with Gasteiger partial charge in [0.25, 0.3) is 0 Å². The van der Waals surface area contributed by atoms with Crippen molar-refractivity contribution >= 4 is 11.6 Å². The van der Waals surface area contributed by atoms with Gasteiger partial charge in [0, 0.05) is 17.0 Å². The molecule has 14 heavy (non-hydrogen) atoms. The van der Waals surface area contributed by atoms with Gasteiger partial charge in [0.2, 0.25) is 11.8 Å². The van der Waals surface area contributed by atoms with E-state index < -0.39 is 0 Å². The summed E-state index contributed by atoms with van der Waals surface area (Å²) in [4.78, 5) is 0. The third-order valence-corrected chi connectivity index (χ3v) is 2.11. The molecule has 0 aliphatic heterocycles. The van der Waals surface area contributed by atoms with E-state index in [4.69, 9.17) is 16.0 Å². The Morgan fingerprint density at radius 3 is 2.50 bits per heavy atom. The summed E-state index contributed by atoms with van der Waals surface area (Å²) in [5.41, 5.74) is 0.890. The zero-order valence-electron chi connectivity index (χ0n) is 7.70. The average molecular weight is 209 g/mol. The van der Waals surface area contributed by atoms with E-state index in [2.05, 4.69) is 10.2 Å². The van der Waals surface area contributed by atoms with Crippen molar-refractivity contribution in [2.24, 2.45) is 0 Å². The Balaban J connectivity index is 2.34. The van der Waals surface area contributed by atoms with Crippen molar-refractivity contribution in [2.45, 2.75) is 13.3 Å². The van der Waals surface area contributed by atoms with Crippen LogP contribution in [0.2, 0.25) is 5.02 Å². The van der Waals surface area contributed by atoms with E-state index in [0.717, 1.165) is 12.0 Å². The predicted molar refractivity (Wildman–Crippen MR) is 54.1 cm³/mol. The molecule has 2 aromatic rings. The molecular weight excluding hydrogens is 200 g/mol. The molecule has 0 amide bonds. The van der Waals surface area contributed by atoms with Crippen LogP contribution in [0.1, 0.15) is 12.8 Å². The maximum absolute atomic E-state index is 5.76. The number of aryl methyl sites for hydroxylation is 1. The molecule has 0 unspecified atom stereocenters. The van der Waals surface area contributed by atoms with Crippen LogP contribution in [-0.4, -0.2) is 10.2 Å². The van der Waals surface area contributed by atoms with E-state index >= 15 is 0 Å². The minimum Gasteiger partial charge on any atom is -0.421 e. The lowest BCUT2D eigenvalue weighted by molar-refractivity contribution is 0.513. The van der Waals surface area contributed by atoms with Crippen LogP contribution in [0.25, 0.3) is 11.5 Å². The fraction of sp³-hybridized carbons (Fsp3) is 0.200. The van der Waals surface area contributed by atoms with Gasteiger partial charge < -0.3 is 4.42 Å². The molecule has 2 rings (SSSR count). The number of halogens is 1. The zero-order chi connectivity index (χ0) is 9.97. The minimum absolute atomic E-state index is 0.540. The maximum Gasteiger partial charge on any atom is 0.247 e. The molecule has 72 valence electrons. The summed E-state index contributed by atoms with van der Waals surface area (Å²) >= 11 is 5.76. The Kier molecular flexibility index (Phi) is 2.50. The summed E-state index contributed by atoms with van der Waals surface area (Å²) in [5.74, 6) is 1.19. The Labute approximate surface area is 86.7 Å². The molecule has 0 saturated heterocycles. The van der Waals surface area contributed by atoms with Gasteiger partial charge in [-0.15, -0.1) is 10.2 Å². The fourth-order valence-corrected chi connectivity index (χ4v) is 1.23. The number of aromatic nitrogens is 2. The molecule has 3 nitrogen and oxygen atoms in total. The molecule has 1 heterocycles. The highest BCUT2D eigenvalue weighted by Gasteiger charge is 2.06. The predicted octanol–water partition coefficient (Wildman–Crippen LogP) is 2.95. The van der Waals surface area contributed by atoms with Crippen LogP contribution < -0.4 is 0 Å². The van der Waals surface area contributed by atoms with Crippen molar-refractivity contribution in [3.05, 3.63) is 35.2 Å². The molecule has 0 saturated carbocycles. The van der Waals surface area contributed by atoms with Crippen molar-refractivity contribution in [3.8, 4) is 11.5 Å². The van der Waals surface area contributed by atoms with Crippen LogP contribution in [0.5, 0.6) is 0 Å². The van der Waals surface area contributed by atoms with Gasteiger partial charge >= 0.3 is 0 Å². The molecule has 0 aliphatic rings. The quantitative estimate of drug-likeness (QED) is 0.762. The van der Waals surface area contributed by atoms with Gasteiger partial charge in [0.15, 0.2) is 0 Å². The molecule has 4 heteroatoms. The van der Waals surface area contributed by atoms with E-state index in [9.17, 15) is 0 Å². The van der Waals surface area contributed by atoms with Crippen molar-refractivity contribution in [2.75, 3.05) is 0 Å². The van der Waals surface area contributed by atoms with E-state index in [1.807, 2.05) is 19.1 Å². The standard InChI is InChI=1S/C10H9ClN2O/c1-2-9-12-13-10(14-9)7-3-5-8(11)6-4-7/h3-6H,2H2,1H3. The van der Waals surface area contributed by atoms with Gasteiger partial charge in [-0.05, 0) is 24.3 Å². The summed E-state index contributed by atoms with van der Waals surface area (Å²) in [7, 11) is 0. The van der Waals surface area contributed by atoms with Gasteiger partial charge in [-0.3, -0.25) is 0 Å². The number of hydrogen-bond donors (Lipinski definition) is 0. The van der Waals surface area contributed by atoms with Gasteiger partial charge in [-0.2, -0.15) is 0 Å². The fourth-order valence-electron chi connectivity index (χ4n) is 1.11. The highest BCUT2D eigenvalue weighted by molar-refractivity contribution is 6.30. The molecule has 0 spiro atoms. The third-order valence-electron chi connectivity index (χ3n) is 1.86. The number of rotatable bonds is 2. The molecule has 0 N–H and O–H groups in total. The SMILES string of the molecule is CCc1nnc(-c2ccc(Cl)cc2)o1. The second kappa shape index (κ2) is 3.80. The monoisotopic (exact) mass is 208 g/mol. The Morgan fingerprint density at radius 1 is 1.21 bits per heavy atom. The van der Waals surface area contributed by atoms with Crippen molar-refractivity contribution < 1.29 is 4.42 Å². The van der Waals surface area contributed by atoms with E-state index in [1.165, 1.54) is 0 Å². The van der Waals surface area contributed by atoms with Gasteiger partial charge in [-0.25, -0.2) is 0 Å². The van der Waals surface area contributed by atoms with Crippen molar-refractivity contribution in [1.29, 1.82) is 0 Å².